The van der Waals surface area contributed by atoms with Crippen LogP contribution in [0, 0.1) is 0 Å². The molecule has 0 aromatic heterocycles. The van der Waals surface area contributed by atoms with Gasteiger partial charge in [-0.3, -0.25) is 5.43 Å². The van der Waals surface area contributed by atoms with Crippen molar-refractivity contribution < 1.29 is 44.8 Å². The second-order valence-corrected chi connectivity index (χ2v) is 5.35. The van der Waals surface area contributed by atoms with Crippen molar-refractivity contribution >= 4 is 57.7 Å². The van der Waals surface area contributed by atoms with E-state index in [0.717, 1.165) is 0 Å². The molecule has 29 heavy (non-hydrogen) atoms. The van der Waals surface area contributed by atoms with E-state index in [9.17, 15) is 10.2 Å². The van der Waals surface area contributed by atoms with Crippen LogP contribution in [0.5, 0.6) is 11.5 Å². The number of hydrogen-bond donors (Lipinski definition) is 3. The van der Waals surface area contributed by atoms with Crippen molar-refractivity contribution in [2.75, 3.05) is 0 Å². The molecule has 0 radical (unpaired) electrons. The molecule has 2 rings (SSSR count). The smallest absolute Gasteiger partial charge is 2.00 e. The molecule has 0 aliphatic carbocycles. The Morgan fingerprint density at radius 1 is 1.00 bits per heavy atom. The molecule has 0 fully saturated rings. The molecular weight excluding hydrogens is 537 g/mol. The summed E-state index contributed by atoms with van der Waals surface area (Å²) in [6, 6.07) is 13.0. The van der Waals surface area contributed by atoms with Crippen LogP contribution in [0.2, 0.25) is 0 Å². The largest absolute Gasteiger partial charge is 2.00 e. The number of nitrogens with one attached hydrogen (secondary N) is 1. The number of halogens is 1. The molecule has 0 saturated heterocycles. The Labute approximate surface area is 204 Å². The number of thiocarbonyl (C=S) groups is 1. The summed E-state index contributed by atoms with van der Waals surface area (Å²) in [4.78, 5) is 0. The fourth-order valence-electron chi connectivity index (χ4n) is 1.49. The number of nitrogens with zero attached hydrogens (tertiary/aromatic N) is 3. The number of nitrogens with two attached hydrogens (primary N) is 2. The maximum Gasteiger partial charge on any atom is 2.00 e. The van der Waals surface area contributed by atoms with Crippen LogP contribution in [0.1, 0.15) is 11.1 Å². The van der Waals surface area contributed by atoms with Crippen molar-refractivity contribution in [1.82, 2.24) is 5.43 Å². The van der Waals surface area contributed by atoms with Crippen LogP contribution in [0.15, 0.2) is 63.8 Å². The topological polar surface area (TPSA) is 147 Å². The van der Waals surface area contributed by atoms with Crippen molar-refractivity contribution in [3.8, 4) is 11.5 Å². The molecular formula is C16H15ClCuN6O2S2Zn. The Bertz CT molecular complexity index is 839. The molecule has 0 saturated carbocycles. The quantitative estimate of drug-likeness (QED) is 0.126. The molecule has 13 heteroatoms. The van der Waals surface area contributed by atoms with Gasteiger partial charge >= 0.3 is 44.7 Å². The van der Waals surface area contributed by atoms with Gasteiger partial charge in [0.1, 0.15) is 0 Å². The van der Waals surface area contributed by atoms with Crippen LogP contribution in [0.25, 0.3) is 0 Å². The second-order valence-electron chi connectivity index (χ2n) is 4.49. The Balaban J connectivity index is 0. The van der Waals surface area contributed by atoms with Crippen LogP contribution in [-0.2, 0) is 47.2 Å². The minimum Gasteiger partial charge on any atom is 2.00 e. The van der Waals surface area contributed by atoms with Gasteiger partial charge in [-0.25, -0.2) is 0 Å². The van der Waals surface area contributed by atoms with E-state index in [1.165, 1.54) is 24.6 Å². The van der Waals surface area contributed by atoms with E-state index < -0.39 is 0 Å². The van der Waals surface area contributed by atoms with E-state index in [4.69, 9.17) is 11.5 Å². The molecule has 5 N–H and O–H groups in total. The van der Waals surface area contributed by atoms with Gasteiger partial charge in [0.2, 0.25) is 0 Å². The second kappa shape index (κ2) is 18.2. The summed E-state index contributed by atoms with van der Waals surface area (Å²) in [5.74, 6) is -0.194. The summed E-state index contributed by atoms with van der Waals surface area (Å²) in [7, 11) is 4.20. The van der Waals surface area contributed by atoms with Crippen molar-refractivity contribution in [3.63, 3.8) is 0 Å². The number of hydrazone groups is 1. The van der Waals surface area contributed by atoms with Crippen LogP contribution < -0.4 is 27.1 Å². The van der Waals surface area contributed by atoms with Gasteiger partial charge in [0.15, 0.2) is 5.11 Å². The fourth-order valence-corrected chi connectivity index (χ4v) is 1.59. The SMILES string of the molecule is N/C([S-])=N/N=C/c1ccccc1[O-].NC(=S)N/N=C/c1ccccc1[O-].[Cl][Cu+].[Zn+2]. The molecule has 0 atom stereocenters. The first-order valence-electron chi connectivity index (χ1n) is 7.15. The Hall–Kier alpha value is -1.81. The fraction of sp³-hybridized carbons (Fsp3) is 0. The average Bonchev–Trinajstić information content (AvgIpc) is 2.66. The zero-order valence-electron chi connectivity index (χ0n) is 14.8. The number of benzene rings is 2. The minimum atomic E-state index is -0.107. The standard InChI is InChI=1S/2C8H9N3OS.ClH.Cu.Zn/c2*9-8(13)11-10-5-6-3-1-2-4-7(6)12;;;/h2*1-5,12H,(H3,9,11,13);1H;;/q;;;2*+2/p-4/b2*10-5+;;;. The molecule has 2 aromatic rings. The summed E-state index contributed by atoms with van der Waals surface area (Å²) in [5.41, 5.74) is 13.5. The monoisotopic (exact) mass is 549 g/mol. The van der Waals surface area contributed by atoms with Gasteiger partial charge in [0.25, 0.3) is 0 Å². The van der Waals surface area contributed by atoms with Gasteiger partial charge in [-0.15, -0.1) is 0 Å². The van der Waals surface area contributed by atoms with Crippen molar-refractivity contribution in [2.24, 2.45) is 26.8 Å². The zero-order valence-corrected chi connectivity index (χ0v) is 21.1. The zero-order chi connectivity index (χ0) is 21.4. The van der Waals surface area contributed by atoms with Crippen molar-refractivity contribution in [2.45, 2.75) is 0 Å². The Morgan fingerprint density at radius 2 is 1.45 bits per heavy atom. The maximum atomic E-state index is 11.1. The predicted octanol–water partition coefficient (Wildman–Crippen LogP) is 0.568. The third kappa shape index (κ3) is 14.8. The molecule has 0 unspecified atom stereocenters. The third-order valence-electron chi connectivity index (χ3n) is 2.57. The molecule has 0 heterocycles. The number of amidine groups is 1. The maximum absolute atomic E-state index is 11.1. The first kappa shape index (κ1) is 29.4. The van der Waals surface area contributed by atoms with Gasteiger partial charge < -0.3 is 34.3 Å². The van der Waals surface area contributed by atoms with E-state index >= 15 is 0 Å². The molecule has 2 aromatic carbocycles. The number of rotatable bonds is 4. The van der Waals surface area contributed by atoms with Gasteiger partial charge in [-0.2, -0.15) is 15.3 Å². The summed E-state index contributed by atoms with van der Waals surface area (Å²) in [5, 5.41) is 32.8. The average molecular weight is 552 g/mol. The van der Waals surface area contributed by atoms with E-state index in [1.807, 2.05) is 0 Å². The third-order valence-corrected chi connectivity index (χ3v) is 2.74. The van der Waals surface area contributed by atoms with Gasteiger partial charge in [0.05, 0.1) is 12.4 Å². The summed E-state index contributed by atoms with van der Waals surface area (Å²) in [6.45, 7) is 0. The van der Waals surface area contributed by atoms with Crippen molar-refractivity contribution in [3.05, 3.63) is 59.7 Å². The van der Waals surface area contributed by atoms with Crippen LogP contribution >= 0.6 is 22.3 Å². The Morgan fingerprint density at radius 3 is 1.86 bits per heavy atom. The Kier molecular flexibility index (Phi) is 18.5. The van der Waals surface area contributed by atoms with Crippen LogP contribution in [-0.4, -0.2) is 22.7 Å². The molecule has 0 bridgehead atoms. The summed E-state index contributed by atoms with van der Waals surface area (Å²) < 4.78 is 0. The number of hydrogen-bond acceptors (Lipinski definition) is 7. The molecule has 0 spiro atoms. The molecule has 153 valence electrons. The molecule has 8 nitrogen and oxygen atoms in total. The number of para-hydroxylation sites is 2. The van der Waals surface area contributed by atoms with Gasteiger partial charge in [0, 0.05) is 0 Å². The molecule has 0 aliphatic heterocycles. The summed E-state index contributed by atoms with van der Waals surface area (Å²) >= 11 is 12.6. The van der Waals surface area contributed by atoms with E-state index in [0.29, 0.717) is 11.1 Å². The predicted molar refractivity (Wildman–Crippen MR) is 112 cm³/mol. The minimum absolute atomic E-state index is 0. The van der Waals surface area contributed by atoms with Crippen LogP contribution in [0.4, 0.5) is 0 Å². The van der Waals surface area contributed by atoms with E-state index in [1.54, 1.807) is 36.4 Å². The molecule has 0 amide bonds. The van der Waals surface area contributed by atoms with Gasteiger partial charge in [-0.05, 0) is 28.5 Å². The first-order valence-corrected chi connectivity index (χ1v) is 9.27. The van der Waals surface area contributed by atoms with Crippen molar-refractivity contribution in [1.29, 1.82) is 0 Å². The normalized spacial score (nSPS) is 10.2. The summed E-state index contributed by atoms with van der Waals surface area (Å²) in [6.07, 6.45) is 2.70. The van der Waals surface area contributed by atoms with Crippen LogP contribution in [0.3, 0.4) is 0 Å². The van der Waals surface area contributed by atoms with Gasteiger partial charge in [-0.1, -0.05) is 60.0 Å². The van der Waals surface area contributed by atoms with E-state index in [2.05, 4.69) is 70.8 Å². The molecule has 0 aliphatic rings. The first-order chi connectivity index (χ1) is 13.4. The van der Waals surface area contributed by atoms with E-state index in [-0.39, 0.29) is 41.3 Å².